The van der Waals surface area contributed by atoms with E-state index in [4.69, 9.17) is 5.26 Å². The third-order valence-electron chi connectivity index (χ3n) is 1.82. The third kappa shape index (κ3) is 2.19. The minimum atomic E-state index is 0.626. The quantitative estimate of drug-likeness (QED) is 0.763. The Bertz CT molecular complexity index is 325. The SMILES string of the molecule is CCNc1ncc(CC)cc1C#N. The van der Waals surface area contributed by atoms with Crippen molar-refractivity contribution in [3.63, 3.8) is 0 Å². The summed E-state index contributed by atoms with van der Waals surface area (Å²) in [5.41, 5.74) is 1.72. The second kappa shape index (κ2) is 4.46. The first-order valence-electron chi connectivity index (χ1n) is 4.44. The molecule has 1 aromatic rings. The monoisotopic (exact) mass is 175 g/mol. The molecule has 3 heteroatoms. The maximum Gasteiger partial charge on any atom is 0.143 e. The molecule has 0 saturated carbocycles. The number of nitriles is 1. The highest BCUT2D eigenvalue weighted by atomic mass is 15.0. The molecular formula is C10H13N3. The Morgan fingerprint density at radius 3 is 2.85 bits per heavy atom. The Balaban J connectivity index is 3.02. The summed E-state index contributed by atoms with van der Waals surface area (Å²) in [4.78, 5) is 4.18. The maximum atomic E-state index is 8.84. The van der Waals surface area contributed by atoms with E-state index >= 15 is 0 Å². The van der Waals surface area contributed by atoms with Gasteiger partial charge in [0.2, 0.25) is 0 Å². The summed E-state index contributed by atoms with van der Waals surface area (Å²) in [5, 5.41) is 11.9. The molecule has 0 aromatic carbocycles. The third-order valence-corrected chi connectivity index (χ3v) is 1.82. The smallest absolute Gasteiger partial charge is 0.143 e. The van der Waals surface area contributed by atoms with E-state index in [1.165, 1.54) is 0 Å². The fourth-order valence-corrected chi connectivity index (χ4v) is 1.09. The number of rotatable bonds is 3. The number of nitrogens with zero attached hydrogens (tertiary/aromatic N) is 2. The number of pyridine rings is 1. The van der Waals surface area contributed by atoms with Crippen molar-refractivity contribution in [3.05, 3.63) is 23.4 Å². The van der Waals surface area contributed by atoms with Crippen LogP contribution in [-0.4, -0.2) is 11.5 Å². The molecule has 0 aliphatic rings. The Morgan fingerprint density at radius 1 is 1.54 bits per heavy atom. The molecule has 0 atom stereocenters. The maximum absolute atomic E-state index is 8.84. The normalized spacial score (nSPS) is 9.31. The van der Waals surface area contributed by atoms with E-state index in [0.717, 1.165) is 18.5 Å². The molecule has 0 aliphatic heterocycles. The molecule has 1 aromatic heterocycles. The highest BCUT2D eigenvalue weighted by Gasteiger charge is 2.02. The predicted octanol–water partition coefficient (Wildman–Crippen LogP) is 1.95. The number of hydrogen-bond acceptors (Lipinski definition) is 3. The molecule has 0 bridgehead atoms. The van der Waals surface area contributed by atoms with Crippen LogP contribution < -0.4 is 5.32 Å². The first-order valence-corrected chi connectivity index (χ1v) is 4.44. The lowest BCUT2D eigenvalue weighted by Gasteiger charge is -2.05. The standard InChI is InChI=1S/C10H13N3/c1-3-8-5-9(6-11)10(12-4-2)13-7-8/h5,7H,3-4H2,1-2H3,(H,12,13). The average Bonchev–Trinajstić information content (AvgIpc) is 2.19. The molecule has 1 N–H and O–H groups in total. The van der Waals surface area contributed by atoms with Crippen molar-refractivity contribution in [3.8, 4) is 6.07 Å². The van der Waals surface area contributed by atoms with Crippen LogP contribution in [0.15, 0.2) is 12.3 Å². The molecule has 1 heterocycles. The van der Waals surface area contributed by atoms with Gasteiger partial charge in [0, 0.05) is 12.7 Å². The highest BCUT2D eigenvalue weighted by molar-refractivity contribution is 5.52. The van der Waals surface area contributed by atoms with Crippen LogP contribution in [0.2, 0.25) is 0 Å². The van der Waals surface area contributed by atoms with Gasteiger partial charge in [-0.05, 0) is 25.0 Å². The van der Waals surface area contributed by atoms with E-state index < -0.39 is 0 Å². The van der Waals surface area contributed by atoms with Crippen LogP contribution in [-0.2, 0) is 6.42 Å². The Hall–Kier alpha value is -1.56. The number of anilines is 1. The molecule has 1 rings (SSSR count). The summed E-state index contributed by atoms with van der Waals surface area (Å²) in [6.45, 7) is 4.81. The lowest BCUT2D eigenvalue weighted by molar-refractivity contribution is 1.08. The Morgan fingerprint density at radius 2 is 2.31 bits per heavy atom. The van der Waals surface area contributed by atoms with Crippen LogP contribution in [0.1, 0.15) is 25.0 Å². The van der Waals surface area contributed by atoms with Crippen LogP contribution in [0.4, 0.5) is 5.82 Å². The number of aryl methyl sites for hydroxylation is 1. The van der Waals surface area contributed by atoms with Gasteiger partial charge in [-0.3, -0.25) is 0 Å². The molecule has 0 aliphatic carbocycles. The van der Waals surface area contributed by atoms with E-state index in [9.17, 15) is 0 Å². The van der Waals surface area contributed by atoms with Crippen molar-refractivity contribution in [1.29, 1.82) is 5.26 Å². The predicted molar refractivity (Wildman–Crippen MR) is 52.5 cm³/mol. The minimum Gasteiger partial charge on any atom is -0.369 e. The summed E-state index contributed by atoms with van der Waals surface area (Å²) in [5.74, 6) is 0.683. The Labute approximate surface area is 78.4 Å². The fraction of sp³-hybridized carbons (Fsp3) is 0.400. The van der Waals surface area contributed by atoms with Gasteiger partial charge in [-0.1, -0.05) is 6.92 Å². The van der Waals surface area contributed by atoms with Crippen molar-refractivity contribution < 1.29 is 0 Å². The summed E-state index contributed by atoms with van der Waals surface area (Å²) in [6.07, 6.45) is 2.72. The van der Waals surface area contributed by atoms with Gasteiger partial charge in [0.05, 0.1) is 5.56 Å². The van der Waals surface area contributed by atoms with E-state index in [0.29, 0.717) is 11.4 Å². The lowest BCUT2D eigenvalue weighted by atomic mass is 10.1. The first-order chi connectivity index (χ1) is 6.31. The zero-order valence-electron chi connectivity index (χ0n) is 7.96. The first kappa shape index (κ1) is 9.53. The lowest BCUT2D eigenvalue weighted by Crippen LogP contribution is -2.02. The number of aromatic nitrogens is 1. The van der Waals surface area contributed by atoms with Gasteiger partial charge in [-0.2, -0.15) is 5.26 Å². The fourth-order valence-electron chi connectivity index (χ4n) is 1.09. The largest absolute Gasteiger partial charge is 0.369 e. The number of hydrogen-bond donors (Lipinski definition) is 1. The molecule has 0 unspecified atom stereocenters. The number of nitrogens with one attached hydrogen (secondary N) is 1. The Kier molecular flexibility index (Phi) is 3.27. The molecule has 0 spiro atoms. The van der Waals surface area contributed by atoms with Crippen LogP contribution in [0.25, 0.3) is 0 Å². The zero-order valence-corrected chi connectivity index (χ0v) is 7.96. The van der Waals surface area contributed by atoms with Gasteiger partial charge in [0.15, 0.2) is 0 Å². The van der Waals surface area contributed by atoms with Gasteiger partial charge in [0.25, 0.3) is 0 Å². The summed E-state index contributed by atoms with van der Waals surface area (Å²) in [7, 11) is 0. The molecular weight excluding hydrogens is 162 g/mol. The molecule has 13 heavy (non-hydrogen) atoms. The molecule has 0 amide bonds. The van der Waals surface area contributed by atoms with Crippen molar-refractivity contribution in [2.75, 3.05) is 11.9 Å². The van der Waals surface area contributed by atoms with E-state index in [1.54, 1.807) is 6.20 Å². The van der Waals surface area contributed by atoms with E-state index in [-0.39, 0.29) is 0 Å². The minimum absolute atomic E-state index is 0.626. The van der Waals surface area contributed by atoms with E-state index in [2.05, 4.69) is 16.4 Å². The molecule has 0 radical (unpaired) electrons. The van der Waals surface area contributed by atoms with E-state index in [1.807, 2.05) is 19.9 Å². The van der Waals surface area contributed by atoms with Crippen LogP contribution in [0.5, 0.6) is 0 Å². The highest BCUT2D eigenvalue weighted by Crippen LogP contribution is 2.12. The summed E-state index contributed by atoms with van der Waals surface area (Å²) >= 11 is 0. The van der Waals surface area contributed by atoms with Crippen LogP contribution in [0, 0.1) is 11.3 Å². The van der Waals surface area contributed by atoms with Crippen LogP contribution in [0.3, 0.4) is 0 Å². The van der Waals surface area contributed by atoms with Gasteiger partial charge < -0.3 is 5.32 Å². The van der Waals surface area contributed by atoms with Crippen molar-refractivity contribution >= 4 is 5.82 Å². The van der Waals surface area contributed by atoms with Gasteiger partial charge >= 0.3 is 0 Å². The molecule has 3 nitrogen and oxygen atoms in total. The molecule has 0 fully saturated rings. The summed E-state index contributed by atoms with van der Waals surface area (Å²) in [6, 6.07) is 4.01. The summed E-state index contributed by atoms with van der Waals surface area (Å²) < 4.78 is 0. The van der Waals surface area contributed by atoms with Gasteiger partial charge in [-0.15, -0.1) is 0 Å². The van der Waals surface area contributed by atoms with Crippen LogP contribution >= 0.6 is 0 Å². The van der Waals surface area contributed by atoms with Crippen molar-refractivity contribution in [2.24, 2.45) is 0 Å². The molecule has 0 saturated heterocycles. The topological polar surface area (TPSA) is 48.7 Å². The second-order valence-electron chi connectivity index (χ2n) is 2.74. The van der Waals surface area contributed by atoms with Gasteiger partial charge in [0.1, 0.15) is 11.9 Å². The van der Waals surface area contributed by atoms with Gasteiger partial charge in [-0.25, -0.2) is 4.98 Å². The average molecular weight is 175 g/mol. The zero-order chi connectivity index (χ0) is 9.68. The second-order valence-corrected chi connectivity index (χ2v) is 2.74. The van der Waals surface area contributed by atoms with Crippen molar-refractivity contribution in [1.82, 2.24) is 4.98 Å². The molecule has 68 valence electrons. The van der Waals surface area contributed by atoms with Crippen molar-refractivity contribution in [2.45, 2.75) is 20.3 Å².